The second kappa shape index (κ2) is 5.65. The Kier molecular flexibility index (Phi) is 4.76. The van der Waals surface area contributed by atoms with Gasteiger partial charge < -0.3 is 9.84 Å². The van der Waals surface area contributed by atoms with Crippen molar-refractivity contribution in [3.8, 4) is 5.75 Å². The molecule has 1 unspecified atom stereocenters. The predicted octanol–water partition coefficient (Wildman–Crippen LogP) is 1.61. The molecule has 0 fully saturated rings. The van der Waals surface area contributed by atoms with Gasteiger partial charge in [-0.3, -0.25) is 0 Å². The lowest BCUT2D eigenvalue weighted by atomic mass is 10.2. The van der Waals surface area contributed by atoms with Gasteiger partial charge in [-0.1, -0.05) is 0 Å². The van der Waals surface area contributed by atoms with E-state index in [9.17, 15) is 13.5 Å². The van der Waals surface area contributed by atoms with E-state index in [-0.39, 0.29) is 5.75 Å². The van der Waals surface area contributed by atoms with Gasteiger partial charge in [0.15, 0.2) is 0 Å². The zero-order valence-corrected chi connectivity index (χ0v) is 11.0. The maximum Gasteiger partial charge on any atom is 0.147 e. The van der Waals surface area contributed by atoms with E-state index in [1.165, 1.54) is 17.6 Å². The Morgan fingerprint density at radius 3 is 2.81 bits per heavy atom. The van der Waals surface area contributed by atoms with Crippen LogP contribution in [0.15, 0.2) is 11.4 Å². The SMILES string of the molecule is COc1ccsc1C(O)CCCS(C)(=O)=O. The molecule has 16 heavy (non-hydrogen) atoms. The van der Waals surface area contributed by atoms with Crippen LogP contribution < -0.4 is 4.74 Å². The van der Waals surface area contributed by atoms with Crippen LogP contribution in [0.25, 0.3) is 0 Å². The van der Waals surface area contributed by atoms with Crippen LogP contribution in [0.4, 0.5) is 0 Å². The van der Waals surface area contributed by atoms with Crippen LogP contribution in [-0.2, 0) is 9.84 Å². The minimum Gasteiger partial charge on any atom is -0.495 e. The van der Waals surface area contributed by atoms with Gasteiger partial charge >= 0.3 is 0 Å². The molecular formula is C10H16O4S2. The van der Waals surface area contributed by atoms with Crippen LogP contribution in [-0.4, -0.2) is 32.6 Å². The smallest absolute Gasteiger partial charge is 0.147 e. The first-order valence-electron chi connectivity index (χ1n) is 4.91. The number of aliphatic hydroxyl groups is 1. The molecule has 0 amide bonds. The van der Waals surface area contributed by atoms with Crippen LogP contribution in [0.3, 0.4) is 0 Å². The minimum absolute atomic E-state index is 0.109. The number of thiophene rings is 1. The molecule has 0 saturated heterocycles. The average Bonchev–Trinajstić information content (AvgIpc) is 2.63. The van der Waals surface area contributed by atoms with E-state index < -0.39 is 15.9 Å². The normalized spacial score (nSPS) is 13.7. The fourth-order valence-electron chi connectivity index (χ4n) is 1.39. The van der Waals surface area contributed by atoms with Crippen LogP contribution in [0, 0.1) is 0 Å². The largest absolute Gasteiger partial charge is 0.495 e. The van der Waals surface area contributed by atoms with Crippen molar-refractivity contribution in [1.29, 1.82) is 0 Å². The molecule has 6 heteroatoms. The molecule has 0 bridgehead atoms. The van der Waals surface area contributed by atoms with E-state index in [0.717, 1.165) is 4.88 Å². The minimum atomic E-state index is -2.94. The molecule has 1 atom stereocenters. The highest BCUT2D eigenvalue weighted by Gasteiger charge is 2.15. The van der Waals surface area contributed by atoms with E-state index in [1.54, 1.807) is 13.2 Å². The third kappa shape index (κ3) is 4.11. The Morgan fingerprint density at radius 1 is 1.56 bits per heavy atom. The number of methoxy groups -OCH3 is 1. The van der Waals surface area contributed by atoms with Crippen molar-refractivity contribution in [3.05, 3.63) is 16.3 Å². The quantitative estimate of drug-likeness (QED) is 0.848. The van der Waals surface area contributed by atoms with Crippen molar-refractivity contribution in [2.75, 3.05) is 19.1 Å². The monoisotopic (exact) mass is 264 g/mol. The molecule has 1 aromatic heterocycles. The zero-order chi connectivity index (χ0) is 12.2. The van der Waals surface area contributed by atoms with Crippen molar-refractivity contribution in [1.82, 2.24) is 0 Å². The second-order valence-corrected chi connectivity index (χ2v) is 6.85. The predicted molar refractivity (Wildman–Crippen MR) is 64.8 cm³/mol. The molecule has 1 N–H and O–H groups in total. The van der Waals surface area contributed by atoms with Gasteiger partial charge in [-0.15, -0.1) is 11.3 Å². The molecule has 92 valence electrons. The summed E-state index contributed by atoms with van der Waals surface area (Å²) in [7, 11) is -1.39. The topological polar surface area (TPSA) is 63.6 Å². The maximum atomic E-state index is 10.9. The molecule has 4 nitrogen and oxygen atoms in total. The zero-order valence-electron chi connectivity index (χ0n) is 9.34. The third-order valence-corrected chi connectivity index (χ3v) is 4.20. The summed E-state index contributed by atoms with van der Waals surface area (Å²) in [5.74, 6) is 0.773. The Balaban J connectivity index is 2.50. The summed E-state index contributed by atoms with van der Waals surface area (Å²) in [5, 5.41) is 11.7. The summed E-state index contributed by atoms with van der Waals surface area (Å²) in [6.07, 6.45) is 1.45. The number of rotatable bonds is 6. The summed E-state index contributed by atoms with van der Waals surface area (Å²) < 4.78 is 26.9. The molecule has 0 radical (unpaired) electrons. The Labute approximate surface area is 99.8 Å². The van der Waals surface area contributed by atoms with E-state index >= 15 is 0 Å². The van der Waals surface area contributed by atoms with Gasteiger partial charge in [0.25, 0.3) is 0 Å². The maximum absolute atomic E-state index is 10.9. The lowest BCUT2D eigenvalue weighted by Crippen LogP contribution is -2.05. The molecule has 0 aromatic carbocycles. The van der Waals surface area contributed by atoms with E-state index in [2.05, 4.69) is 0 Å². The molecule has 0 spiro atoms. The van der Waals surface area contributed by atoms with Crippen LogP contribution in [0.1, 0.15) is 23.8 Å². The van der Waals surface area contributed by atoms with Crippen molar-refractivity contribution < 1.29 is 18.3 Å². The molecule has 0 aliphatic carbocycles. The fraction of sp³-hybridized carbons (Fsp3) is 0.600. The van der Waals surface area contributed by atoms with Gasteiger partial charge in [-0.05, 0) is 24.3 Å². The van der Waals surface area contributed by atoms with Crippen LogP contribution >= 0.6 is 11.3 Å². The summed E-state index contributed by atoms with van der Waals surface area (Å²) in [6.45, 7) is 0. The van der Waals surface area contributed by atoms with Gasteiger partial charge in [0.2, 0.25) is 0 Å². The molecule has 1 heterocycles. The van der Waals surface area contributed by atoms with Gasteiger partial charge in [0, 0.05) is 12.0 Å². The summed E-state index contributed by atoms with van der Waals surface area (Å²) in [6, 6.07) is 1.79. The molecular weight excluding hydrogens is 248 g/mol. The van der Waals surface area contributed by atoms with Crippen molar-refractivity contribution in [2.45, 2.75) is 18.9 Å². The highest BCUT2D eigenvalue weighted by Crippen LogP contribution is 2.32. The fourth-order valence-corrected chi connectivity index (χ4v) is 2.96. The van der Waals surface area contributed by atoms with E-state index in [4.69, 9.17) is 4.74 Å². The van der Waals surface area contributed by atoms with Crippen molar-refractivity contribution in [2.24, 2.45) is 0 Å². The lowest BCUT2D eigenvalue weighted by molar-refractivity contribution is 0.167. The van der Waals surface area contributed by atoms with Crippen LogP contribution in [0.2, 0.25) is 0 Å². The molecule has 1 rings (SSSR count). The number of sulfone groups is 1. The van der Waals surface area contributed by atoms with Gasteiger partial charge in [-0.25, -0.2) is 8.42 Å². The van der Waals surface area contributed by atoms with Gasteiger partial charge in [-0.2, -0.15) is 0 Å². The summed E-state index contributed by atoms with van der Waals surface area (Å²) >= 11 is 1.42. The van der Waals surface area contributed by atoms with E-state index in [1.807, 2.05) is 5.38 Å². The number of aliphatic hydroxyl groups excluding tert-OH is 1. The molecule has 0 saturated carbocycles. The Bertz CT molecular complexity index is 422. The summed E-state index contributed by atoms with van der Waals surface area (Å²) in [4.78, 5) is 0.760. The average molecular weight is 264 g/mol. The van der Waals surface area contributed by atoms with Gasteiger partial charge in [0.1, 0.15) is 15.6 Å². The number of hydrogen-bond acceptors (Lipinski definition) is 5. The molecule has 1 aromatic rings. The number of ether oxygens (including phenoxy) is 1. The first-order valence-corrected chi connectivity index (χ1v) is 7.85. The Morgan fingerprint density at radius 2 is 2.25 bits per heavy atom. The van der Waals surface area contributed by atoms with Crippen LogP contribution in [0.5, 0.6) is 5.75 Å². The Hall–Kier alpha value is -0.590. The summed E-state index contributed by atoms with van der Waals surface area (Å²) in [5.41, 5.74) is 0. The molecule has 0 aliphatic rings. The third-order valence-electron chi connectivity index (χ3n) is 2.17. The van der Waals surface area contributed by atoms with Crippen molar-refractivity contribution in [3.63, 3.8) is 0 Å². The highest BCUT2D eigenvalue weighted by molar-refractivity contribution is 7.90. The van der Waals surface area contributed by atoms with Crippen molar-refractivity contribution >= 4 is 21.2 Å². The first kappa shape index (κ1) is 13.5. The second-order valence-electron chi connectivity index (χ2n) is 3.64. The van der Waals surface area contributed by atoms with Gasteiger partial charge in [0.05, 0.1) is 18.1 Å². The highest BCUT2D eigenvalue weighted by atomic mass is 32.2. The first-order chi connectivity index (χ1) is 7.44. The lowest BCUT2D eigenvalue weighted by Gasteiger charge is -2.10. The standard InChI is InChI=1S/C10H16O4S2/c1-14-9-5-6-15-10(9)8(11)4-3-7-16(2,12)13/h5-6,8,11H,3-4,7H2,1-2H3. The molecule has 0 aliphatic heterocycles. The number of hydrogen-bond donors (Lipinski definition) is 1. The van der Waals surface area contributed by atoms with E-state index in [0.29, 0.717) is 18.6 Å².